The van der Waals surface area contributed by atoms with E-state index in [4.69, 9.17) is 0 Å². The zero-order valence-corrected chi connectivity index (χ0v) is 6.41. The van der Waals surface area contributed by atoms with Crippen LogP contribution in [-0.4, -0.2) is 26.8 Å². The quantitative estimate of drug-likeness (QED) is 0.210. The Morgan fingerprint density at radius 1 is 1.40 bits per heavy atom. The highest BCUT2D eigenvalue weighted by atomic mass is 15.4. The number of hydrogen-bond donors (Lipinski definition) is 4. The van der Waals surface area contributed by atoms with Gasteiger partial charge in [0.1, 0.15) is 0 Å². The minimum Gasteiger partial charge on any atom is -0.328 e. The van der Waals surface area contributed by atoms with Crippen molar-refractivity contribution < 1.29 is 0 Å². The van der Waals surface area contributed by atoms with Gasteiger partial charge in [0.2, 0.25) is 0 Å². The van der Waals surface area contributed by atoms with Crippen molar-refractivity contribution in [1.29, 1.82) is 0 Å². The molecule has 0 rings (SSSR count). The molecule has 10 heavy (non-hydrogen) atoms. The van der Waals surface area contributed by atoms with Crippen molar-refractivity contribution in [2.45, 2.75) is 0 Å². The van der Waals surface area contributed by atoms with Crippen LogP contribution in [-0.2, 0) is 0 Å². The molecular weight excluding hydrogens is 128 g/mol. The monoisotopic (exact) mass is 144 g/mol. The van der Waals surface area contributed by atoms with E-state index < -0.39 is 0 Å². The molecule has 0 aliphatic carbocycles. The standard InChI is InChI=1S/C6H16N4/c1-3-9-10-6-8-5-4-7-2/h3,7-10H,1,4-6H2,2H3. The molecule has 0 atom stereocenters. The van der Waals surface area contributed by atoms with Crippen LogP contribution in [0.15, 0.2) is 12.8 Å². The molecule has 0 spiro atoms. The summed E-state index contributed by atoms with van der Waals surface area (Å²) in [4.78, 5) is 0. The summed E-state index contributed by atoms with van der Waals surface area (Å²) in [6.45, 7) is 6.17. The second kappa shape index (κ2) is 8.42. The number of nitrogens with one attached hydrogen (secondary N) is 4. The minimum atomic E-state index is 0.744. The van der Waals surface area contributed by atoms with Crippen LogP contribution < -0.4 is 21.5 Å². The van der Waals surface area contributed by atoms with E-state index in [-0.39, 0.29) is 0 Å². The maximum Gasteiger partial charge on any atom is 0.0638 e. The lowest BCUT2D eigenvalue weighted by molar-refractivity contribution is 0.539. The Bertz CT molecular complexity index is 74.1. The van der Waals surface area contributed by atoms with Gasteiger partial charge in [0.15, 0.2) is 0 Å². The first-order valence-electron chi connectivity index (χ1n) is 3.36. The average Bonchev–Trinajstić information content (AvgIpc) is 1.97. The predicted molar refractivity (Wildman–Crippen MR) is 43.3 cm³/mol. The highest BCUT2D eigenvalue weighted by Crippen LogP contribution is 1.52. The van der Waals surface area contributed by atoms with Crippen molar-refractivity contribution in [3.63, 3.8) is 0 Å². The Balaban J connectivity index is 2.70. The molecule has 0 bridgehead atoms. The fourth-order valence-electron chi connectivity index (χ4n) is 0.487. The Kier molecular flexibility index (Phi) is 7.93. The molecule has 4 heteroatoms. The molecule has 0 amide bonds. The molecule has 60 valence electrons. The maximum absolute atomic E-state index is 3.48. The first kappa shape index (κ1) is 9.42. The highest BCUT2D eigenvalue weighted by Gasteiger charge is 1.80. The number of likely N-dealkylation sites (N-methyl/N-ethyl adjacent to an activating group) is 1. The van der Waals surface area contributed by atoms with Crippen LogP contribution in [0.4, 0.5) is 0 Å². The number of hydrazine groups is 1. The third-order valence-corrected chi connectivity index (χ3v) is 0.969. The summed E-state index contributed by atoms with van der Waals surface area (Å²) in [5, 5.41) is 6.16. The van der Waals surface area contributed by atoms with E-state index in [0.29, 0.717) is 0 Å². The summed E-state index contributed by atoms with van der Waals surface area (Å²) in [6, 6.07) is 0. The van der Waals surface area contributed by atoms with Gasteiger partial charge in [-0.2, -0.15) is 0 Å². The third kappa shape index (κ3) is 7.42. The Labute approximate surface area is 62.0 Å². The lowest BCUT2D eigenvalue weighted by atomic mass is 10.6. The van der Waals surface area contributed by atoms with Gasteiger partial charge in [-0.15, -0.1) is 0 Å². The molecule has 0 aromatic rings. The zero-order chi connectivity index (χ0) is 7.66. The molecule has 0 fully saturated rings. The molecule has 4 N–H and O–H groups in total. The Morgan fingerprint density at radius 3 is 2.80 bits per heavy atom. The Hall–Kier alpha value is -0.580. The van der Waals surface area contributed by atoms with E-state index >= 15 is 0 Å². The normalized spacial score (nSPS) is 9.30. The molecule has 0 unspecified atom stereocenters. The van der Waals surface area contributed by atoms with Crippen LogP contribution in [0, 0.1) is 0 Å². The SMILES string of the molecule is C=CNNCNCCNC. The van der Waals surface area contributed by atoms with Gasteiger partial charge in [0.05, 0.1) is 6.67 Å². The van der Waals surface area contributed by atoms with E-state index in [1.807, 2.05) is 7.05 Å². The van der Waals surface area contributed by atoms with Gasteiger partial charge in [-0.3, -0.25) is 0 Å². The molecule has 0 aromatic heterocycles. The number of rotatable bonds is 7. The lowest BCUT2D eigenvalue weighted by Gasteiger charge is -2.04. The maximum atomic E-state index is 3.48. The Morgan fingerprint density at radius 2 is 2.20 bits per heavy atom. The van der Waals surface area contributed by atoms with Crippen LogP contribution in [0.5, 0.6) is 0 Å². The van der Waals surface area contributed by atoms with Crippen LogP contribution >= 0.6 is 0 Å². The van der Waals surface area contributed by atoms with Gasteiger partial charge in [0.25, 0.3) is 0 Å². The predicted octanol–water partition coefficient (Wildman–Crippen LogP) is -1.01. The second-order valence-electron chi connectivity index (χ2n) is 1.81. The van der Waals surface area contributed by atoms with Gasteiger partial charge in [-0.05, 0) is 7.05 Å². The van der Waals surface area contributed by atoms with Crippen molar-refractivity contribution in [1.82, 2.24) is 21.5 Å². The summed E-state index contributed by atoms with van der Waals surface area (Å²) < 4.78 is 0. The molecule has 0 saturated carbocycles. The van der Waals surface area contributed by atoms with E-state index in [2.05, 4.69) is 28.1 Å². The lowest BCUT2D eigenvalue weighted by Crippen LogP contribution is -2.38. The van der Waals surface area contributed by atoms with Gasteiger partial charge >= 0.3 is 0 Å². The molecular formula is C6H16N4. The summed E-state index contributed by atoms with van der Waals surface area (Å²) in [7, 11) is 1.93. The van der Waals surface area contributed by atoms with E-state index in [0.717, 1.165) is 19.8 Å². The first-order chi connectivity index (χ1) is 4.91. The summed E-state index contributed by atoms with van der Waals surface area (Å²) in [5.74, 6) is 0. The molecule has 4 nitrogen and oxygen atoms in total. The van der Waals surface area contributed by atoms with Gasteiger partial charge < -0.3 is 16.1 Å². The molecule has 0 aliphatic heterocycles. The summed E-state index contributed by atoms with van der Waals surface area (Å²) >= 11 is 0. The van der Waals surface area contributed by atoms with Crippen LogP contribution in [0.2, 0.25) is 0 Å². The fraction of sp³-hybridized carbons (Fsp3) is 0.667. The summed E-state index contributed by atoms with van der Waals surface area (Å²) in [5.41, 5.74) is 5.64. The van der Waals surface area contributed by atoms with E-state index in [1.54, 1.807) is 6.20 Å². The topological polar surface area (TPSA) is 48.1 Å². The van der Waals surface area contributed by atoms with Crippen molar-refractivity contribution in [3.8, 4) is 0 Å². The largest absolute Gasteiger partial charge is 0.328 e. The van der Waals surface area contributed by atoms with Crippen molar-refractivity contribution in [2.24, 2.45) is 0 Å². The summed E-state index contributed by atoms with van der Waals surface area (Å²) in [6.07, 6.45) is 1.60. The van der Waals surface area contributed by atoms with Crippen molar-refractivity contribution in [3.05, 3.63) is 12.8 Å². The first-order valence-corrected chi connectivity index (χ1v) is 3.36. The molecule has 0 saturated heterocycles. The van der Waals surface area contributed by atoms with Gasteiger partial charge in [-0.1, -0.05) is 6.58 Å². The molecule has 0 heterocycles. The second-order valence-corrected chi connectivity index (χ2v) is 1.81. The highest BCUT2D eigenvalue weighted by molar-refractivity contribution is 4.57. The smallest absolute Gasteiger partial charge is 0.0638 e. The van der Waals surface area contributed by atoms with E-state index in [9.17, 15) is 0 Å². The van der Waals surface area contributed by atoms with Crippen molar-refractivity contribution in [2.75, 3.05) is 26.8 Å². The molecule has 0 aliphatic rings. The van der Waals surface area contributed by atoms with E-state index in [1.165, 1.54) is 0 Å². The number of hydrogen-bond acceptors (Lipinski definition) is 4. The molecule has 0 radical (unpaired) electrons. The van der Waals surface area contributed by atoms with Gasteiger partial charge in [0, 0.05) is 19.3 Å². The van der Waals surface area contributed by atoms with Crippen LogP contribution in [0.3, 0.4) is 0 Å². The van der Waals surface area contributed by atoms with Crippen LogP contribution in [0.25, 0.3) is 0 Å². The van der Waals surface area contributed by atoms with Crippen molar-refractivity contribution >= 4 is 0 Å². The van der Waals surface area contributed by atoms with Gasteiger partial charge in [-0.25, -0.2) is 5.43 Å². The minimum absolute atomic E-state index is 0.744. The molecule has 0 aromatic carbocycles. The fourth-order valence-corrected chi connectivity index (χ4v) is 0.487. The van der Waals surface area contributed by atoms with Crippen LogP contribution in [0.1, 0.15) is 0 Å². The average molecular weight is 144 g/mol. The zero-order valence-electron chi connectivity index (χ0n) is 6.41. The third-order valence-electron chi connectivity index (χ3n) is 0.969.